The van der Waals surface area contributed by atoms with Gasteiger partial charge in [-0.1, -0.05) is 34.1 Å². The second-order valence-electron chi connectivity index (χ2n) is 6.95. The van der Waals surface area contributed by atoms with E-state index in [0.717, 1.165) is 64.3 Å². The van der Waals surface area contributed by atoms with Crippen LogP contribution in [0.15, 0.2) is 53.0 Å². The lowest BCUT2D eigenvalue weighted by molar-refractivity contribution is -0.115. The SMILES string of the molecule is Cc1cc(N2CCOCC2)nc2ccc(NC(=O)Cc3ccccc3Br)cc12. The van der Waals surface area contributed by atoms with Gasteiger partial charge in [-0.3, -0.25) is 4.79 Å². The number of benzene rings is 2. The highest BCUT2D eigenvalue weighted by atomic mass is 79.9. The molecule has 2 aromatic carbocycles. The van der Waals surface area contributed by atoms with E-state index in [4.69, 9.17) is 9.72 Å². The molecule has 1 N–H and O–H groups in total. The number of nitrogens with zero attached hydrogens (tertiary/aromatic N) is 2. The molecule has 1 aromatic heterocycles. The maximum absolute atomic E-state index is 12.4. The largest absolute Gasteiger partial charge is 0.378 e. The summed E-state index contributed by atoms with van der Waals surface area (Å²) in [6, 6.07) is 15.8. The first-order valence-corrected chi connectivity index (χ1v) is 10.2. The third-order valence-electron chi connectivity index (χ3n) is 4.93. The molecule has 1 aliphatic heterocycles. The molecular formula is C22H22BrN3O2. The Kier molecular flexibility index (Phi) is 5.59. The number of halogens is 1. The Morgan fingerprint density at radius 1 is 1.18 bits per heavy atom. The fraction of sp³-hybridized carbons (Fsp3) is 0.273. The molecule has 1 amide bonds. The van der Waals surface area contributed by atoms with Crippen molar-refractivity contribution in [1.29, 1.82) is 0 Å². The van der Waals surface area contributed by atoms with E-state index in [0.29, 0.717) is 6.42 Å². The molecule has 0 atom stereocenters. The van der Waals surface area contributed by atoms with Crippen LogP contribution in [-0.4, -0.2) is 37.2 Å². The van der Waals surface area contributed by atoms with Gasteiger partial charge in [0, 0.05) is 28.6 Å². The molecule has 0 unspecified atom stereocenters. The highest BCUT2D eigenvalue weighted by Gasteiger charge is 2.14. The molecule has 0 bridgehead atoms. The topological polar surface area (TPSA) is 54.5 Å². The van der Waals surface area contributed by atoms with Gasteiger partial charge in [-0.25, -0.2) is 4.98 Å². The van der Waals surface area contributed by atoms with Gasteiger partial charge in [-0.2, -0.15) is 0 Å². The number of carbonyl (C=O) groups is 1. The number of amides is 1. The number of anilines is 2. The molecule has 28 heavy (non-hydrogen) atoms. The number of hydrogen-bond donors (Lipinski definition) is 1. The fourth-order valence-electron chi connectivity index (χ4n) is 3.43. The van der Waals surface area contributed by atoms with E-state index < -0.39 is 0 Å². The van der Waals surface area contributed by atoms with Crippen molar-refractivity contribution in [3.63, 3.8) is 0 Å². The predicted molar refractivity (Wildman–Crippen MR) is 116 cm³/mol. The Bertz CT molecular complexity index is 1020. The van der Waals surface area contributed by atoms with Gasteiger partial charge in [0.1, 0.15) is 5.82 Å². The molecular weight excluding hydrogens is 418 g/mol. The van der Waals surface area contributed by atoms with Gasteiger partial charge >= 0.3 is 0 Å². The summed E-state index contributed by atoms with van der Waals surface area (Å²) in [5.74, 6) is 0.945. The number of aromatic nitrogens is 1. The van der Waals surface area contributed by atoms with Crippen LogP contribution in [-0.2, 0) is 16.0 Å². The fourth-order valence-corrected chi connectivity index (χ4v) is 3.85. The molecule has 1 aliphatic rings. The molecule has 0 spiro atoms. The highest BCUT2D eigenvalue weighted by Crippen LogP contribution is 2.26. The lowest BCUT2D eigenvalue weighted by Crippen LogP contribution is -2.36. The smallest absolute Gasteiger partial charge is 0.228 e. The second kappa shape index (κ2) is 8.29. The number of rotatable bonds is 4. The lowest BCUT2D eigenvalue weighted by atomic mass is 10.1. The maximum atomic E-state index is 12.4. The Labute approximate surface area is 172 Å². The van der Waals surface area contributed by atoms with E-state index in [1.807, 2.05) is 42.5 Å². The molecule has 2 heterocycles. The summed E-state index contributed by atoms with van der Waals surface area (Å²) in [5, 5.41) is 4.05. The number of nitrogens with one attached hydrogen (secondary N) is 1. The number of pyridine rings is 1. The number of aryl methyl sites for hydroxylation is 1. The van der Waals surface area contributed by atoms with Crippen LogP contribution in [0.4, 0.5) is 11.5 Å². The monoisotopic (exact) mass is 439 g/mol. The third-order valence-corrected chi connectivity index (χ3v) is 5.70. The molecule has 5 nitrogen and oxygen atoms in total. The molecule has 0 radical (unpaired) electrons. The van der Waals surface area contributed by atoms with Crippen LogP contribution >= 0.6 is 15.9 Å². The third kappa shape index (κ3) is 4.18. The summed E-state index contributed by atoms with van der Waals surface area (Å²) in [6.07, 6.45) is 0.326. The summed E-state index contributed by atoms with van der Waals surface area (Å²) in [4.78, 5) is 19.5. The van der Waals surface area contributed by atoms with Crippen LogP contribution in [0.5, 0.6) is 0 Å². The molecule has 144 valence electrons. The van der Waals surface area contributed by atoms with Crippen molar-refractivity contribution in [1.82, 2.24) is 4.98 Å². The molecule has 1 fully saturated rings. The Hall–Kier alpha value is -2.44. The minimum Gasteiger partial charge on any atom is -0.378 e. The van der Waals surface area contributed by atoms with Crippen molar-refractivity contribution >= 4 is 44.2 Å². The van der Waals surface area contributed by atoms with Gasteiger partial charge in [0.15, 0.2) is 0 Å². The van der Waals surface area contributed by atoms with Crippen LogP contribution in [0.3, 0.4) is 0 Å². The summed E-state index contributed by atoms with van der Waals surface area (Å²) < 4.78 is 6.37. The lowest BCUT2D eigenvalue weighted by Gasteiger charge is -2.28. The van der Waals surface area contributed by atoms with Gasteiger partial charge in [0.25, 0.3) is 0 Å². The van der Waals surface area contributed by atoms with Gasteiger partial charge in [0.2, 0.25) is 5.91 Å². The second-order valence-corrected chi connectivity index (χ2v) is 7.80. The van der Waals surface area contributed by atoms with Gasteiger partial charge in [-0.15, -0.1) is 0 Å². The Morgan fingerprint density at radius 2 is 1.96 bits per heavy atom. The molecule has 4 rings (SSSR count). The number of carbonyl (C=O) groups excluding carboxylic acids is 1. The van der Waals surface area contributed by atoms with Crippen molar-refractivity contribution in [3.8, 4) is 0 Å². The van der Waals surface area contributed by atoms with E-state index in [2.05, 4.69) is 39.1 Å². The quantitative estimate of drug-likeness (QED) is 0.657. The summed E-state index contributed by atoms with van der Waals surface area (Å²) in [6.45, 7) is 5.28. The van der Waals surface area contributed by atoms with E-state index >= 15 is 0 Å². The van der Waals surface area contributed by atoms with E-state index in [1.54, 1.807) is 0 Å². The molecule has 0 saturated carbocycles. The van der Waals surface area contributed by atoms with Gasteiger partial charge in [-0.05, 0) is 48.4 Å². The standard InChI is InChI=1S/C22H22BrN3O2/c1-15-12-21(26-8-10-28-11-9-26)25-20-7-6-17(14-18(15)20)24-22(27)13-16-4-2-3-5-19(16)23/h2-7,12,14H,8-11,13H2,1H3,(H,24,27). The first kappa shape index (κ1) is 18.9. The van der Waals surface area contributed by atoms with Crippen LogP contribution in [0.2, 0.25) is 0 Å². The van der Waals surface area contributed by atoms with E-state index in [1.165, 1.54) is 0 Å². The van der Waals surface area contributed by atoms with Crippen LogP contribution in [0.25, 0.3) is 10.9 Å². The summed E-state index contributed by atoms with van der Waals surface area (Å²) >= 11 is 3.49. The number of hydrogen-bond acceptors (Lipinski definition) is 4. The zero-order valence-electron chi connectivity index (χ0n) is 15.7. The molecule has 1 saturated heterocycles. The first-order chi connectivity index (χ1) is 13.6. The normalized spacial score (nSPS) is 14.3. The van der Waals surface area contributed by atoms with Crippen LogP contribution in [0.1, 0.15) is 11.1 Å². The van der Waals surface area contributed by atoms with Crippen molar-refractivity contribution in [2.75, 3.05) is 36.5 Å². The minimum absolute atomic E-state index is 0.0400. The van der Waals surface area contributed by atoms with E-state index in [9.17, 15) is 4.79 Å². The zero-order chi connectivity index (χ0) is 19.5. The molecule has 6 heteroatoms. The molecule has 3 aromatic rings. The number of ether oxygens (including phenoxy) is 1. The predicted octanol–water partition coefficient (Wildman–Crippen LogP) is 4.32. The zero-order valence-corrected chi connectivity index (χ0v) is 17.3. The summed E-state index contributed by atoms with van der Waals surface area (Å²) in [5.41, 5.74) is 3.83. The van der Waals surface area contributed by atoms with Crippen molar-refractivity contribution in [2.24, 2.45) is 0 Å². The minimum atomic E-state index is -0.0400. The Balaban J connectivity index is 1.53. The van der Waals surface area contributed by atoms with Crippen molar-refractivity contribution in [2.45, 2.75) is 13.3 Å². The van der Waals surface area contributed by atoms with Crippen molar-refractivity contribution < 1.29 is 9.53 Å². The van der Waals surface area contributed by atoms with E-state index in [-0.39, 0.29) is 5.91 Å². The highest BCUT2D eigenvalue weighted by molar-refractivity contribution is 9.10. The average molecular weight is 440 g/mol. The van der Waals surface area contributed by atoms with Crippen molar-refractivity contribution in [3.05, 3.63) is 64.1 Å². The Morgan fingerprint density at radius 3 is 2.75 bits per heavy atom. The molecule has 0 aliphatic carbocycles. The van der Waals surface area contributed by atoms with Gasteiger partial charge < -0.3 is 15.0 Å². The number of fused-ring (bicyclic) bond motifs is 1. The number of morpholine rings is 1. The summed E-state index contributed by atoms with van der Waals surface area (Å²) in [7, 11) is 0. The van der Waals surface area contributed by atoms with Gasteiger partial charge in [0.05, 0.1) is 25.2 Å². The van der Waals surface area contributed by atoms with Crippen LogP contribution < -0.4 is 10.2 Å². The maximum Gasteiger partial charge on any atom is 0.228 e. The first-order valence-electron chi connectivity index (χ1n) is 9.37. The average Bonchev–Trinajstić information content (AvgIpc) is 2.71. The van der Waals surface area contributed by atoms with Crippen LogP contribution in [0, 0.1) is 6.92 Å².